The van der Waals surface area contributed by atoms with E-state index in [1.165, 1.54) is 0 Å². The van der Waals surface area contributed by atoms with Crippen LogP contribution in [0.3, 0.4) is 0 Å². The first-order valence-corrected chi connectivity index (χ1v) is 3.57. The predicted molar refractivity (Wildman–Crippen MR) is 44.0 cm³/mol. The number of carbonyl (C=O) groups is 3. The van der Waals surface area contributed by atoms with Crippen LogP contribution in [0.25, 0.3) is 0 Å². The van der Waals surface area contributed by atoms with Gasteiger partial charge in [0.15, 0.2) is 0 Å². The molecule has 0 atom stereocenters. The third-order valence-electron chi connectivity index (χ3n) is 1.27. The molecule has 0 aliphatic heterocycles. The first-order chi connectivity index (χ1) is 6.08. The Kier molecular flexibility index (Phi) is 4.82. The molecule has 13 heavy (non-hydrogen) atoms. The van der Waals surface area contributed by atoms with Crippen molar-refractivity contribution in [3.05, 3.63) is 0 Å². The Hall–Kier alpha value is -1.31. The van der Waals surface area contributed by atoms with Crippen LogP contribution in [0, 0.1) is 0 Å². The van der Waals surface area contributed by atoms with Gasteiger partial charge in [-0.25, -0.2) is 4.90 Å². The van der Waals surface area contributed by atoms with E-state index in [2.05, 4.69) is 0 Å². The van der Waals surface area contributed by atoms with E-state index in [1.54, 1.807) is 0 Å². The van der Waals surface area contributed by atoms with Gasteiger partial charge in [-0.15, -0.1) is 0 Å². The molecule has 74 valence electrons. The summed E-state index contributed by atoms with van der Waals surface area (Å²) >= 11 is 0. The molecule has 0 unspecified atom stereocenters. The molecule has 0 rings (SSSR count). The monoisotopic (exact) mass is 188 g/mol. The third-order valence-corrected chi connectivity index (χ3v) is 1.27. The molecule has 0 radical (unpaired) electrons. The molecule has 0 bridgehead atoms. The van der Waals surface area contributed by atoms with Crippen molar-refractivity contribution in [2.24, 2.45) is 17.2 Å². The molecule has 0 saturated carbocycles. The lowest BCUT2D eigenvalue weighted by atomic mass is 10.4. The molecule has 6 N–H and O–H groups in total. The molecule has 0 aliphatic rings. The zero-order valence-corrected chi connectivity index (χ0v) is 7.03. The van der Waals surface area contributed by atoms with E-state index in [9.17, 15) is 14.4 Å². The van der Waals surface area contributed by atoms with Gasteiger partial charge in [-0.3, -0.25) is 14.4 Å². The molecule has 7 heteroatoms. The van der Waals surface area contributed by atoms with Crippen LogP contribution < -0.4 is 17.2 Å². The Labute approximate surface area is 74.8 Å². The highest BCUT2D eigenvalue weighted by atomic mass is 16.2. The molecule has 0 aromatic rings. The summed E-state index contributed by atoms with van der Waals surface area (Å²) in [7, 11) is 0. The van der Waals surface area contributed by atoms with Crippen molar-refractivity contribution in [1.82, 2.24) is 4.90 Å². The minimum Gasteiger partial charge on any atom is -0.322 e. The number of hydrogen-bond donors (Lipinski definition) is 3. The topological polar surface area (TPSA) is 133 Å². The molecular weight excluding hydrogens is 176 g/mol. The summed E-state index contributed by atoms with van der Waals surface area (Å²) in [6, 6.07) is 0. The summed E-state index contributed by atoms with van der Waals surface area (Å²) in [6.07, 6.45) is 0. The number of amides is 3. The Morgan fingerprint density at radius 3 is 1.15 bits per heavy atom. The van der Waals surface area contributed by atoms with Crippen molar-refractivity contribution in [3.63, 3.8) is 0 Å². The number of nitrogens with two attached hydrogens (primary N) is 3. The second-order valence-corrected chi connectivity index (χ2v) is 2.13. The van der Waals surface area contributed by atoms with Gasteiger partial charge in [-0.05, 0) is 0 Å². The zero-order chi connectivity index (χ0) is 10.4. The molecule has 0 aromatic carbocycles. The molecule has 0 heterocycles. The van der Waals surface area contributed by atoms with E-state index in [4.69, 9.17) is 17.2 Å². The lowest BCUT2D eigenvalue weighted by Crippen LogP contribution is -2.49. The largest absolute Gasteiger partial charge is 0.322 e. The fraction of sp³-hybridized carbons (Fsp3) is 0.500. The summed E-state index contributed by atoms with van der Waals surface area (Å²) in [4.78, 5) is 33.3. The second kappa shape index (κ2) is 5.36. The minimum atomic E-state index is -0.800. The Morgan fingerprint density at radius 2 is 1.00 bits per heavy atom. The Balaban J connectivity index is 4.64. The highest BCUT2D eigenvalue weighted by Crippen LogP contribution is 1.90. The number of imide groups is 3. The molecule has 0 aromatic heterocycles. The van der Waals surface area contributed by atoms with Crippen LogP contribution in [0.1, 0.15) is 0 Å². The number of nitrogens with zero attached hydrogens (tertiary/aromatic N) is 1. The van der Waals surface area contributed by atoms with Crippen LogP contribution in [0.15, 0.2) is 0 Å². The fourth-order valence-corrected chi connectivity index (χ4v) is 0.691. The van der Waals surface area contributed by atoms with Gasteiger partial charge < -0.3 is 17.2 Å². The smallest absolute Gasteiger partial charge is 0.249 e. The maximum Gasteiger partial charge on any atom is 0.249 e. The lowest BCUT2D eigenvalue weighted by Gasteiger charge is -2.15. The fourth-order valence-electron chi connectivity index (χ4n) is 0.691. The number of rotatable bonds is 3. The average molecular weight is 188 g/mol. The van der Waals surface area contributed by atoms with Gasteiger partial charge in [0.05, 0.1) is 19.6 Å². The SMILES string of the molecule is NCC(=O)N(C(=O)CN)C(=O)CN. The molecule has 3 amide bonds. The van der Waals surface area contributed by atoms with Crippen LogP contribution in [-0.4, -0.2) is 42.3 Å². The maximum atomic E-state index is 11.0. The van der Waals surface area contributed by atoms with Crippen molar-refractivity contribution >= 4 is 17.7 Å². The Bertz CT molecular complexity index is 190. The molecule has 0 fully saturated rings. The number of carbonyl (C=O) groups excluding carboxylic acids is 3. The van der Waals surface area contributed by atoms with E-state index in [-0.39, 0.29) is 0 Å². The summed E-state index contributed by atoms with van der Waals surface area (Å²) in [6.45, 7) is -1.30. The third kappa shape index (κ3) is 2.90. The van der Waals surface area contributed by atoms with Crippen LogP contribution in [0.4, 0.5) is 0 Å². The summed E-state index contributed by atoms with van der Waals surface area (Å²) in [5.74, 6) is -2.40. The highest BCUT2D eigenvalue weighted by Gasteiger charge is 2.24. The van der Waals surface area contributed by atoms with Gasteiger partial charge in [0.25, 0.3) is 0 Å². The summed E-state index contributed by atoms with van der Waals surface area (Å²) in [5.41, 5.74) is 14.9. The van der Waals surface area contributed by atoms with Gasteiger partial charge in [-0.1, -0.05) is 0 Å². The Morgan fingerprint density at radius 1 is 0.769 bits per heavy atom. The van der Waals surface area contributed by atoms with Crippen molar-refractivity contribution in [3.8, 4) is 0 Å². The van der Waals surface area contributed by atoms with E-state index >= 15 is 0 Å². The predicted octanol–water partition coefficient (Wildman–Crippen LogP) is -3.26. The standard InChI is InChI=1S/C6H12N4O3/c7-1-4(11)10(5(12)2-8)6(13)3-9/h1-3,7-9H2. The van der Waals surface area contributed by atoms with Gasteiger partial charge in [0.2, 0.25) is 17.7 Å². The normalized spacial score (nSPS) is 9.46. The molecule has 7 nitrogen and oxygen atoms in total. The second-order valence-electron chi connectivity index (χ2n) is 2.13. The van der Waals surface area contributed by atoms with Gasteiger partial charge in [0, 0.05) is 0 Å². The van der Waals surface area contributed by atoms with Crippen LogP contribution in [0.2, 0.25) is 0 Å². The zero-order valence-electron chi connectivity index (χ0n) is 7.03. The molecule has 0 saturated heterocycles. The first kappa shape index (κ1) is 11.7. The van der Waals surface area contributed by atoms with Gasteiger partial charge in [-0.2, -0.15) is 0 Å². The average Bonchev–Trinajstić information content (AvgIpc) is 2.16. The number of hydrogen-bond acceptors (Lipinski definition) is 6. The lowest BCUT2D eigenvalue weighted by molar-refractivity contribution is -0.152. The van der Waals surface area contributed by atoms with Crippen molar-refractivity contribution in [2.45, 2.75) is 0 Å². The van der Waals surface area contributed by atoms with Crippen LogP contribution in [-0.2, 0) is 14.4 Å². The summed E-state index contributed by atoms with van der Waals surface area (Å²) in [5, 5.41) is 0. The van der Waals surface area contributed by atoms with Crippen LogP contribution in [0.5, 0.6) is 0 Å². The molecular formula is C6H12N4O3. The molecule has 0 spiro atoms. The first-order valence-electron chi connectivity index (χ1n) is 3.57. The van der Waals surface area contributed by atoms with Crippen molar-refractivity contribution in [2.75, 3.05) is 19.6 Å². The van der Waals surface area contributed by atoms with E-state index < -0.39 is 37.4 Å². The van der Waals surface area contributed by atoms with E-state index in [0.29, 0.717) is 4.90 Å². The highest BCUT2D eigenvalue weighted by molar-refractivity contribution is 6.12. The van der Waals surface area contributed by atoms with Crippen molar-refractivity contribution < 1.29 is 14.4 Å². The van der Waals surface area contributed by atoms with E-state index in [1.807, 2.05) is 0 Å². The quantitative estimate of drug-likeness (QED) is 0.426. The summed E-state index contributed by atoms with van der Waals surface area (Å²) < 4.78 is 0. The molecule has 0 aliphatic carbocycles. The van der Waals surface area contributed by atoms with Gasteiger partial charge in [0.1, 0.15) is 0 Å². The van der Waals surface area contributed by atoms with Gasteiger partial charge >= 0.3 is 0 Å². The van der Waals surface area contributed by atoms with Crippen molar-refractivity contribution in [1.29, 1.82) is 0 Å². The minimum absolute atomic E-state index is 0.375. The maximum absolute atomic E-state index is 11.0. The van der Waals surface area contributed by atoms with E-state index in [0.717, 1.165) is 0 Å². The van der Waals surface area contributed by atoms with Crippen LogP contribution >= 0.6 is 0 Å².